The highest BCUT2D eigenvalue weighted by Crippen LogP contribution is 2.16. The molecule has 4 nitrogen and oxygen atoms in total. The molecule has 1 unspecified atom stereocenters. The Kier molecular flexibility index (Phi) is 4.74. The van der Waals surface area contributed by atoms with Crippen molar-refractivity contribution in [3.8, 4) is 11.4 Å². The summed E-state index contributed by atoms with van der Waals surface area (Å²) in [6.45, 7) is 4.42. The van der Waals surface area contributed by atoms with Crippen LogP contribution in [0.25, 0.3) is 11.4 Å². The number of benzene rings is 1. The van der Waals surface area contributed by atoms with E-state index in [0.29, 0.717) is 0 Å². The second-order valence-electron chi connectivity index (χ2n) is 6.20. The summed E-state index contributed by atoms with van der Waals surface area (Å²) in [6.07, 6.45) is 5.25. The summed E-state index contributed by atoms with van der Waals surface area (Å²) >= 11 is 5.61. The third kappa shape index (κ3) is 3.01. The standard InChI is InChI=1S/C17H24N4S/c1-3-15-11-7-8-12-20(15)13-21-17(22)19(2)16(18-21)14-9-5-4-6-10-14/h4-6,9-10,15H,3,7-8,11-13H2,1-2H3/p+1/t15-/m1/s1. The normalized spacial score (nSPS) is 21.9. The number of hydrogen-bond donors (Lipinski definition) is 1. The molecule has 1 aromatic carbocycles. The highest BCUT2D eigenvalue weighted by molar-refractivity contribution is 7.71. The predicted molar refractivity (Wildman–Crippen MR) is 91.2 cm³/mol. The summed E-state index contributed by atoms with van der Waals surface area (Å²) in [4.78, 5) is 1.63. The number of hydrogen-bond acceptors (Lipinski definition) is 2. The van der Waals surface area contributed by atoms with E-state index in [1.165, 1.54) is 32.2 Å². The third-order valence-electron chi connectivity index (χ3n) is 4.80. The molecule has 0 spiro atoms. The van der Waals surface area contributed by atoms with Crippen molar-refractivity contribution >= 4 is 12.2 Å². The van der Waals surface area contributed by atoms with E-state index in [2.05, 4.69) is 19.1 Å². The zero-order valence-electron chi connectivity index (χ0n) is 13.5. The second-order valence-corrected chi connectivity index (χ2v) is 6.56. The maximum Gasteiger partial charge on any atom is 0.202 e. The zero-order chi connectivity index (χ0) is 15.5. The van der Waals surface area contributed by atoms with E-state index >= 15 is 0 Å². The van der Waals surface area contributed by atoms with Crippen LogP contribution in [0, 0.1) is 4.77 Å². The molecule has 1 N–H and O–H groups in total. The van der Waals surface area contributed by atoms with Gasteiger partial charge in [-0.15, -0.1) is 5.10 Å². The molecule has 22 heavy (non-hydrogen) atoms. The average molecular weight is 317 g/mol. The number of aromatic nitrogens is 3. The van der Waals surface area contributed by atoms with Crippen LogP contribution in [0.2, 0.25) is 0 Å². The Morgan fingerprint density at radius 3 is 2.77 bits per heavy atom. The van der Waals surface area contributed by atoms with Gasteiger partial charge in [-0.3, -0.25) is 0 Å². The molecule has 0 saturated carbocycles. The quantitative estimate of drug-likeness (QED) is 0.877. The molecule has 3 rings (SSSR count). The Hall–Kier alpha value is -1.46. The van der Waals surface area contributed by atoms with Gasteiger partial charge in [-0.1, -0.05) is 37.3 Å². The van der Waals surface area contributed by atoms with Gasteiger partial charge in [0, 0.05) is 12.6 Å². The summed E-state index contributed by atoms with van der Waals surface area (Å²) in [6, 6.07) is 11.0. The Bertz CT molecular complexity index is 674. The van der Waals surface area contributed by atoms with Gasteiger partial charge < -0.3 is 9.47 Å². The lowest BCUT2D eigenvalue weighted by Crippen LogP contribution is -3.15. The van der Waals surface area contributed by atoms with Crippen LogP contribution in [0.3, 0.4) is 0 Å². The largest absolute Gasteiger partial charge is 0.314 e. The molecular weight excluding hydrogens is 292 g/mol. The predicted octanol–water partition coefficient (Wildman–Crippen LogP) is 2.42. The highest BCUT2D eigenvalue weighted by Gasteiger charge is 2.25. The van der Waals surface area contributed by atoms with E-state index in [1.54, 1.807) is 4.90 Å². The highest BCUT2D eigenvalue weighted by atomic mass is 32.1. The third-order valence-corrected chi connectivity index (χ3v) is 5.28. The van der Waals surface area contributed by atoms with Crippen LogP contribution in [0.15, 0.2) is 30.3 Å². The minimum Gasteiger partial charge on any atom is -0.314 e. The fourth-order valence-electron chi connectivity index (χ4n) is 3.47. The lowest BCUT2D eigenvalue weighted by Gasteiger charge is -2.31. The van der Waals surface area contributed by atoms with Crippen molar-refractivity contribution in [1.29, 1.82) is 0 Å². The maximum absolute atomic E-state index is 5.61. The van der Waals surface area contributed by atoms with Gasteiger partial charge in [-0.05, 0) is 37.9 Å². The molecule has 0 radical (unpaired) electrons. The van der Waals surface area contributed by atoms with E-state index in [1.807, 2.05) is 34.5 Å². The van der Waals surface area contributed by atoms with Gasteiger partial charge in [0.25, 0.3) is 0 Å². The van der Waals surface area contributed by atoms with Crippen molar-refractivity contribution in [2.24, 2.45) is 7.05 Å². The Labute approximate surface area is 137 Å². The first-order chi connectivity index (χ1) is 10.7. The molecule has 2 atom stereocenters. The molecule has 1 aliphatic rings. The zero-order valence-corrected chi connectivity index (χ0v) is 14.3. The van der Waals surface area contributed by atoms with Gasteiger partial charge in [-0.25, -0.2) is 0 Å². The van der Waals surface area contributed by atoms with E-state index < -0.39 is 0 Å². The Morgan fingerprint density at radius 1 is 1.27 bits per heavy atom. The van der Waals surface area contributed by atoms with Crippen molar-refractivity contribution in [2.45, 2.75) is 45.3 Å². The minimum absolute atomic E-state index is 0.748. The van der Waals surface area contributed by atoms with Crippen LogP contribution in [-0.4, -0.2) is 26.9 Å². The molecule has 1 aromatic heterocycles. The van der Waals surface area contributed by atoms with Crippen molar-refractivity contribution in [3.05, 3.63) is 35.1 Å². The van der Waals surface area contributed by atoms with Crippen LogP contribution >= 0.6 is 12.2 Å². The molecule has 1 aliphatic heterocycles. The van der Waals surface area contributed by atoms with Crippen LogP contribution in [-0.2, 0) is 13.7 Å². The van der Waals surface area contributed by atoms with E-state index in [0.717, 1.165) is 28.9 Å². The lowest BCUT2D eigenvalue weighted by molar-refractivity contribution is -0.953. The fourth-order valence-corrected chi connectivity index (χ4v) is 3.67. The molecule has 2 heterocycles. The summed E-state index contributed by atoms with van der Waals surface area (Å²) in [7, 11) is 2.01. The number of nitrogens with one attached hydrogen (secondary N) is 1. The van der Waals surface area contributed by atoms with Gasteiger partial charge >= 0.3 is 0 Å². The summed E-state index contributed by atoms with van der Waals surface area (Å²) < 4.78 is 4.85. The van der Waals surface area contributed by atoms with E-state index in [4.69, 9.17) is 17.3 Å². The van der Waals surface area contributed by atoms with Gasteiger partial charge in [0.15, 0.2) is 12.5 Å². The van der Waals surface area contributed by atoms with E-state index in [-0.39, 0.29) is 0 Å². The molecule has 5 heteroatoms. The molecule has 1 saturated heterocycles. The molecule has 0 amide bonds. The molecule has 2 aromatic rings. The molecule has 0 aliphatic carbocycles. The van der Waals surface area contributed by atoms with Crippen LogP contribution in [0.4, 0.5) is 0 Å². The van der Waals surface area contributed by atoms with E-state index in [9.17, 15) is 0 Å². The van der Waals surface area contributed by atoms with Gasteiger partial charge in [0.2, 0.25) is 4.77 Å². The molecule has 0 bridgehead atoms. The molecule has 1 fully saturated rings. The number of quaternary nitrogens is 1. The number of nitrogens with zero attached hydrogens (tertiary/aromatic N) is 3. The minimum atomic E-state index is 0.748. The summed E-state index contributed by atoms with van der Waals surface area (Å²) in [5.74, 6) is 0.954. The topological polar surface area (TPSA) is 27.2 Å². The summed E-state index contributed by atoms with van der Waals surface area (Å²) in [5.41, 5.74) is 1.12. The first-order valence-electron chi connectivity index (χ1n) is 8.24. The summed E-state index contributed by atoms with van der Waals surface area (Å²) in [5, 5.41) is 4.80. The maximum atomic E-state index is 5.61. The van der Waals surface area contributed by atoms with Crippen molar-refractivity contribution in [2.75, 3.05) is 6.54 Å². The lowest BCUT2D eigenvalue weighted by atomic mass is 10.0. The SMILES string of the molecule is CC[C@@H]1CCCC[NH+]1Cn1nc(-c2ccccc2)n(C)c1=S. The van der Waals surface area contributed by atoms with Gasteiger partial charge in [0.05, 0.1) is 12.6 Å². The van der Waals surface area contributed by atoms with Gasteiger partial charge in [0.1, 0.15) is 0 Å². The molecular formula is C17H25N4S+. The van der Waals surface area contributed by atoms with Crippen LogP contribution in [0.5, 0.6) is 0 Å². The number of piperidine rings is 1. The Morgan fingerprint density at radius 2 is 2.05 bits per heavy atom. The van der Waals surface area contributed by atoms with Gasteiger partial charge in [-0.2, -0.15) is 4.68 Å². The van der Waals surface area contributed by atoms with Crippen LogP contribution in [0.1, 0.15) is 32.6 Å². The first kappa shape index (κ1) is 15.4. The monoisotopic (exact) mass is 317 g/mol. The first-order valence-corrected chi connectivity index (χ1v) is 8.65. The average Bonchev–Trinajstić information content (AvgIpc) is 2.85. The van der Waals surface area contributed by atoms with Crippen LogP contribution < -0.4 is 4.90 Å². The second kappa shape index (κ2) is 6.75. The Balaban J connectivity index is 1.87. The number of rotatable bonds is 4. The fraction of sp³-hybridized carbons (Fsp3) is 0.529. The molecule has 118 valence electrons. The number of likely N-dealkylation sites (tertiary alicyclic amines) is 1. The van der Waals surface area contributed by atoms with Crippen molar-refractivity contribution < 1.29 is 4.90 Å². The van der Waals surface area contributed by atoms with Crippen molar-refractivity contribution in [3.63, 3.8) is 0 Å². The van der Waals surface area contributed by atoms with Crippen molar-refractivity contribution in [1.82, 2.24) is 14.3 Å². The smallest absolute Gasteiger partial charge is 0.202 e.